The molecule has 10 heteroatoms. The van der Waals surface area contributed by atoms with Crippen LogP contribution in [0.2, 0.25) is 0 Å². The molecular weight excluding hydrogens is 370 g/mol. The molecule has 1 unspecified atom stereocenters. The predicted octanol–water partition coefficient (Wildman–Crippen LogP) is 0.591. The number of carbonyl (C=O) groups excluding carboxylic acids is 1. The fourth-order valence-electron chi connectivity index (χ4n) is 3.51. The molecule has 3 rings (SSSR count). The summed E-state index contributed by atoms with van der Waals surface area (Å²) in [6, 6.07) is -0.465. The summed E-state index contributed by atoms with van der Waals surface area (Å²) in [5.74, 6) is 0.359. The van der Waals surface area contributed by atoms with Gasteiger partial charge in [-0.15, -0.1) is 0 Å². The second-order valence-electron chi connectivity index (χ2n) is 7.03. The van der Waals surface area contributed by atoms with E-state index in [1.54, 1.807) is 11.8 Å². The summed E-state index contributed by atoms with van der Waals surface area (Å²) < 4.78 is 33.7. The largest absolute Gasteiger partial charge is 0.378 e. The molecule has 0 aromatic carbocycles. The zero-order chi connectivity index (χ0) is 19.6. The van der Waals surface area contributed by atoms with Gasteiger partial charge in [0.15, 0.2) is 0 Å². The zero-order valence-corrected chi connectivity index (χ0v) is 16.9. The maximum absolute atomic E-state index is 13.1. The SMILES string of the molecule is Cc1ncc(C(=O)N2CCOCC2)c(C2CCCCN2S(=O)(=O)N(C)C)n1. The minimum absolute atomic E-state index is 0.166. The predicted molar refractivity (Wildman–Crippen MR) is 99.4 cm³/mol. The standard InChI is InChI=1S/C17H27N5O4S/c1-13-18-12-14(17(23)21-8-10-26-11-9-21)16(19-13)15-6-4-5-7-22(15)27(24,25)20(2)3/h12,15H,4-11H2,1-3H3. The van der Waals surface area contributed by atoms with E-state index in [1.165, 1.54) is 28.9 Å². The minimum atomic E-state index is -3.62. The Morgan fingerprint density at radius 2 is 1.93 bits per heavy atom. The first-order valence-corrected chi connectivity index (χ1v) is 10.6. The van der Waals surface area contributed by atoms with Crippen LogP contribution in [-0.2, 0) is 14.9 Å². The van der Waals surface area contributed by atoms with Crippen molar-refractivity contribution in [1.82, 2.24) is 23.5 Å². The van der Waals surface area contributed by atoms with Gasteiger partial charge in [0.1, 0.15) is 5.82 Å². The Morgan fingerprint density at radius 1 is 1.22 bits per heavy atom. The zero-order valence-electron chi connectivity index (χ0n) is 16.1. The van der Waals surface area contributed by atoms with Crippen LogP contribution in [0, 0.1) is 6.92 Å². The molecule has 1 aromatic rings. The number of ether oxygens (including phenoxy) is 1. The maximum atomic E-state index is 13.1. The van der Waals surface area contributed by atoms with E-state index in [1.807, 2.05) is 0 Å². The minimum Gasteiger partial charge on any atom is -0.378 e. The van der Waals surface area contributed by atoms with Crippen LogP contribution >= 0.6 is 0 Å². The van der Waals surface area contributed by atoms with Crippen molar-refractivity contribution in [1.29, 1.82) is 0 Å². The molecule has 27 heavy (non-hydrogen) atoms. The number of aromatic nitrogens is 2. The van der Waals surface area contributed by atoms with Crippen molar-refractivity contribution in [3.05, 3.63) is 23.3 Å². The third kappa shape index (κ3) is 4.13. The number of aryl methyl sites for hydroxylation is 1. The smallest absolute Gasteiger partial charge is 0.282 e. The van der Waals surface area contributed by atoms with Gasteiger partial charge in [0.05, 0.1) is 30.5 Å². The number of piperidine rings is 1. The van der Waals surface area contributed by atoms with Gasteiger partial charge in [-0.3, -0.25) is 4.79 Å². The van der Waals surface area contributed by atoms with Gasteiger partial charge in [-0.2, -0.15) is 17.0 Å². The van der Waals surface area contributed by atoms with Crippen molar-refractivity contribution in [2.75, 3.05) is 46.9 Å². The van der Waals surface area contributed by atoms with E-state index in [2.05, 4.69) is 9.97 Å². The average Bonchev–Trinajstić information content (AvgIpc) is 2.68. The molecule has 1 atom stereocenters. The van der Waals surface area contributed by atoms with Crippen LogP contribution in [0.4, 0.5) is 0 Å². The first-order valence-electron chi connectivity index (χ1n) is 9.22. The third-order valence-electron chi connectivity index (χ3n) is 4.99. The van der Waals surface area contributed by atoms with Crippen LogP contribution in [0.1, 0.15) is 47.2 Å². The molecule has 1 amide bonds. The number of morpholine rings is 1. The normalized spacial score (nSPS) is 22.2. The molecular formula is C17H27N5O4S. The molecule has 0 N–H and O–H groups in total. The second-order valence-corrected chi connectivity index (χ2v) is 9.13. The van der Waals surface area contributed by atoms with Gasteiger partial charge in [-0.05, 0) is 19.8 Å². The van der Waals surface area contributed by atoms with Crippen molar-refractivity contribution < 1.29 is 17.9 Å². The quantitative estimate of drug-likeness (QED) is 0.738. The summed E-state index contributed by atoms with van der Waals surface area (Å²) in [6.45, 7) is 4.18. The van der Waals surface area contributed by atoms with Gasteiger partial charge < -0.3 is 9.64 Å². The summed E-state index contributed by atoms with van der Waals surface area (Å²) in [5.41, 5.74) is 0.887. The summed E-state index contributed by atoms with van der Waals surface area (Å²) in [6.07, 6.45) is 3.84. The van der Waals surface area contributed by atoms with Crippen molar-refractivity contribution in [3.8, 4) is 0 Å². The topological polar surface area (TPSA) is 95.9 Å². The van der Waals surface area contributed by atoms with Crippen molar-refractivity contribution in [2.24, 2.45) is 0 Å². The number of nitrogens with zero attached hydrogens (tertiary/aromatic N) is 5. The Kier molecular flexibility index (Phi) is 6.09. The fourth-order valence-corrected chi connectivity index (χ4v) is 4.81. The summed E-state index contributed by atoms with van der Waals surface area (Å²) in [7, 11) is -0.576. The number of amides is 1. The van der Waals surface area contributed by atoms with Crippen LogP contribution in [-0.4, -0.2) is 84.7 Å². The second kappa shape index (κ2) is 8.17. The molecule has 3 heterocycles. The van der Waals surface area contributed by atoms with E-state index >= 15 is 0 Å². The first-order chi connectivity index (χ1) is 12.8. The van der Waals surface area contributed by atoms with Gasteiger partial charge >= 0.3 is 0 Å². The van der Waals surface area contributed by atoms with Gasteiger partial charge in [0, 0.05) is 39.9 Å². The third-order valence-corrected chi connectivity index (χ3v) is 6.95. The fraction of sp³-hybridized carbons (Fsp3) is 0.706. The van der Waals surface area contributed by atoms with Crippen molar-refractivity contribution in [2.45, 2.75) is 32.2 Å². The molecule has 9 nitrogen and oxygen atoms in total. The van der Waals surface area contributed by atoms with Gasteiger partial charge in [-0.25, -0.2) is 9.97 Å². The van der Waals surface area contributed by atoms with E-state index in [0.717, 1.165) is 12.8 Å². The Hall–Kier alpha value is -1.62. The van der Waals surface area contributed by atoms with Crippen molar-refractivity contribution in [3.63, 3.8) is 0 Å². The summed E-state index contributed by atoms with van der Waals surface area (Å²) >= 11 is 0. The average molecular weight is 398 g/mol. The van der Waals surface area contributed by atoms with Gasteiger partial charge in [0.2, 0.25) is 0 Å². The number of hydrogen-bond donors (Lipinski definition) is 0. The molecule has 2 aliphatic heterocycles. The highest BCUT2D eigenvalue weighted by Crippen LogP contribution is 2.34. The molecule has 2 fully saturated rings. The highest BCUT2D eigenvalue weighted by Gasteiger charge is 2.38. The lowest BCUT2D eigenvalue weighted by Gasteiger charge is -2.37. The lowest BCUT2D eigenvalue weighted by Crippen LogP contribution is -2.46. The monoisotopic (exact) mass is 397 g/mol. The van der Waals surface area contributed by atoms with E-state index < -0.39 is 16.3 Å². The molecule has 2 saturated heterocycles. The van der Waals surface area contributed by atoms with Crippen molar-refractivity contribution >= 4 is 16.1 Å². The Morgan fingerprint density at radius 3 is 2.59 bits per heavy atom. The van der Waals surface area contributed by atoms with Crippen LogP contribution < -0.4 is 0 Å². The number of rotatable bonds is 4. The molecule has 0 radical (unpaired) electrons. The van der Waals surface area contributed by atoms with Crippen LogP contribution in [0.25, 0.3) is 0 Å². The Balaban J connectivity index is 2.01. The summed E-state index contributed by atoms with van der Waals surface area (Å²) in [5, 5.41) is 0. The van der Waals surface area contributed by atoms with E-state index in [9.17, 15) is 13.2 Å². The van der Waals surface area contributed by atoms with E-state index in [-0.39, 0.29) is 5.91 Å². The van der Waals surface area contributed by atoms with E-state index in [0.29, 0.717) is 56.4 Å². The van der Waals surface area contributed by atoms with Gasteiger partial charge in [0.25, 0.3) is 16.1 Å². The van der Waals surface area contributed by atoms with Crippen LogP contribution in [0.5, 0.6) is 0 Å². The lowest BCUT2D eigenvalue weighted by atomic mass is 9.98. The highest BCUT2D eigenvalue weighted by atomic mass is 32.2. The van der Waals surface area contributed by atoms with Crippen LogP contribution in [0.15, 0.2) is 6.20 Å². The Labute approximate surface area is 160 Å². The van der Waals surface area contributed by atoms with Gasteiger partial charge in [-0.1, -0.05) is 6.42 Å². The molecule has 0 bridgehead atoms. The van der Waals surface area contributed by atoms with E-state index in [4.69, 9.17) is 4.74 Å². The molecule has 0 saturated carbocycles. The maximum Gasteiger partial charge on any atom is 0.282 e. The first kappa shape index (κ1) is 20.1. The molecule has 0 aliphatic carbocycles. The molecule has 150 valence electrons. The molecule has 2 aliphatic rings. The highest BCUT2D eigenvalue weighted by molar-refractivity contribution is 7.86. The summed E-state index contributed by atoms with van der Waals surface area (Å²) in [4.78, 5) is 23.5. The lowest BCUT2D eigenvalue weighted by molar-refractivity contribution is 0.0300. The molecule has 1 aromatic heterocycles. The van der Waals surface area contributed by atoms with Crippen LogP contribution in [0.3, 0.4) is 0 Å². The molecule has 0 spiro atoms. The number of hydrogen-bond acceptors (Lipinski definition) is 6. The Bertz CT molecular complexity index is 793. The number of carbonyl (C=O) groups is 1.